The van der Waals surface area contributed by atoms with Crippen molar-refractivity contribution in [3.63, 3.8) is 0 Å². The Hall–Kier alpha value is -1.46. The van der Waals surface area contributed by atoms with Crippen LogP contribution in [0.4, 0.5) is 0 Å². The van der Waals surface area contributed by atoms with Crippen molar-refractivity contribution >= 4 is 23.2 Å². The third-order valence-electron chi connectivity index (χ3n) is 3.76. The van der Waals surface area contributed by atoms with Crippen molar-refractivity contribution in [3.05, 3.63) is 29.8 Å². The average Bonchev–Trinajstić information content (AvgIpc) is 2.49. The molecular weight excluding hydrogens is 284 g/mol. The fourth-order valence-corrected chi connectivity index (χ4v) is 3.34. The van der Waals surface area contributed by atoms with E-state index in [9.17, 15) is 4.79 Å². The number of nitrogens with one attached hydrogen (secondary N) is 2. The van der Waals surface area contributed by atoms with Gasteiger partial charge >= 0.3 is 0 Å². The van der Waals surface area contributed by atoms with E-state index >= 15 is 0 Å². The van der Waals surface area contributed by atoms with Crippen molar-refractivity contribution in [1.29, 1.82) is 0 Å². The molecule has 1 aromatic rings. The van der Waals surface area contributed by atoms with Gasteiger partial charge in [-0.2, -0.15) is 0 Å². The van der Waals surface area contributed by atoms with E-state index in [1.165, 1.54) is 11.1 Å². The number of ether oxygens (including phenoxy) is 1. The molecule has 1 aromatic carbocycles. The molecule has 0 spiro atoms. The summed E-state index contributed by atoms with van der Waals surface area (Å²) in [5.74, 6) is 1.22. The summed E-state index contributed by atoms with van der Waals surface area (Å²) in [4.78, 5) is 12.5. The molecule has 1 fully saturated rings. The molecule has 0 bridgehead atoms. The fraction of sp³-hybridized carbons (Fsp3) is 0.438. The van der Waals surface area contributed by atoms with Gasteiger partial charge in [-0.05, 0) is 36.3 Å². The molecule has 1 amide bonds. The number of hydrazine groups is 1. The van der Waals surface area contributed by atoms with E-state index in [1.54, 1.807) is 18.9 Å². The normalized spacial score (nSPS) is 22.9. The van der Waals surface area contributed by atoms with Gasteiger partial charge in [-0.15, -0.1) is 11.8 Å². The Balaban J connectivity index is 2.29. The Kier molecular flexibility index (Phi) is 5.31. The number of carbonyl (C=O) groups is 1. The second-order valence-corrected chi connectivity index (χ2v) is 6.11. The molecule has 1 aliphatic heterocycles. The monoisotopic (exact) mass is 306 g/mol. The zero-order chi connectivity index (χ0) is 15.4. The highest BCUT2D eigenvalue weighted by atomic mass is 32.2. The molecule has 1 heterocycles. The van der Waals surface area contributed by atoms with E-state index in [-0.39, 0.29) is 17.9 Å². The van der Waals surface area contributed by atoms with Gasteiger partial charge in [-0.1, -0.05) is 25.1 Å². The highest BCUT2D eigenvalue weighted by Crippen LogP contribution is 2.35. The summed E-state index contributed by atoms with van der Waals surface area (Å²) < 4.78 is 5.43. The lowest BCUT2D eigenvalue weighted by atomic mass is 9.93. The summed E-state index contributed by atoms with van der Waals surface area (Å²) >= 11 is 1.68. The van der Waals surface area contributed by atoms with Gasteiger partial charge in [0, 0.05) is 12.5 Å². The third-order valence-corrected chi connectivity index (χ3v) is 4.59. The molecule has 2 atom stereocenters. The van der Waals surface area contributed by atoms with Crippen molar-refractivity contribution in [3.8, 4) is 5.75 Å². The smallest absolute Gasteiger partial charge is 0.234 e. The largest absolute Gasteiger partial charge is 0.496 e. The van der Waals surface area contributed by atoms with E-state index in [0.717, 1.165) is 10.6 Å². The average molecular weight is 306 g/mol. The SMILES string of the molecule is COc1cccc(/C(C)=C/C2NNC(=O)CC2C)c1SC. The zero-order valence-electron chi connectivity index (χ0n) is 12.9. The Labute approximate surface area is 130 Å². The Morgan fingerprint density at radius 3 is 2.86 bits per heavy atom. The van der Waals surface area contributed by atoms with Crippen LogP contribution in [0.25, 0.3) is 5.57 Å². The van der Waals surface area contributed by atoms with Crippen LogP contribution in [-0.2, 0) is 4.79 Å². The highest BCUT2D eigenvalue weighted by molar-refractivity contribution is 7.98. The van der Waals surface area contributed by atoms with Crippen molar-refractivity contribution in [2.75, 3.05) is 13.4 Å². The van der Waals surface area contributed by atoms with Crippen molar-refractivity contribution < 1.29 is 9.53 Å². The predicted molar refractivity (Wildman–Crippen MR) is 87.3 cm³/mol. The number of amides is 1. The first-order chi connectivity index (χ1) is 10.1. The van der Waals surface area contributed by atoms with E-state index in [2.05, 4.69) is 43.1 Å². The van der Waals surface area contributed by atoms with Gasteiger partial charge < -0.3 is 4.74 Å². The number of allylic oxidation sites excluding steroid dienone is 1. The van der Waals surface area contributed by atoms with Crippen molar-refractivity contribution in [2.24, 2.45) is 5.92 Å². The predicted octanol–water partition coefficient (Wildman–Crippen LogP) is 2.85. The molecule has 0 aliphatic carbocycles. The first-order valence-corrected chi connectivity index (χ1v) is 8.23. The number of benzene rings is 1. The fourth-order valence-electron chi connectivity index (χ4n) is 2.54. The second-order valence-electron chi connectivity index (χ2n) is 5.29. The number of carbonyl (C=O) groups excluding carboxylic acids is 1. The minimum atomic E-state index is 0.0518. The van der Waals surface area contributed by atoms with Crippen LogP contribution in [0.5, 0.6) is 5.75 Å². The number of hydrogen-bond acceptors (Lipinski definition) is 4. The number of thioether (sulfide) groups is 1. The molecule has 0 radical (unpaired) electrons. The minimum absolute atomic E-state index is 0.0518. The maximum Gasteiger partial charge on any atom is 0.234 e. The van der Waals surface area contributed by atoms with E-state index < -0.39 is 0 Å². The molecule has 1 aliphatic rings. The molecule has 5 heteroatoms. The van der Waals surface area contributed by atoms with Gasteiger partial charge in [0.15, 0.2) is 0 Å². The quantitative estimate of drug-likeness (QED) is 0.840. The zero-order valence-corrected chi connectivity index (χ0v) is 13.7. The summed E-state index contributed by atoms with van der Waals surface area (Å²) in [6.45, 7) is 4.18. The van der Waals surface area contributed by atoms with Crippen LogP contribution in [0.2, 0.25) is 0 Å². The number of hydrogen-bond donors (Lipinski definition) is 2. The maximum atomic E-state index is 11.3. The van der Waals surface area contributed by atoms with Crippen molar-refractivity contribution in [2.45, 2.75) is 31.2 Å². The standard InChI is InChI=1S/C16H22N2O2S/c1-10(8-13-11(2)9-15(19)18-17-13)12-6-5-7-14(20-3)16(12)21-4/h5-8,11,13,17H,9H2,1-4H3,(H,18,19)/b10-8+. The molecule has 4 nitrogen and oxygen atoms in total. The molecule has 114 valence electrons. The molecule has 2 rings (SSSR count). The lowest BCUT2D eigenvalue weighted by Gasteiger charge is -2.28. The molecular formula is C16H22N2O2S. The van der Waals surface area contributed by atoms with Gasteiger partial charge in [-0.3, -0.25) is 10.2 Å². The first kappa shape index (κ1) is 15.9. The minimum Gasteiger partial charge on any atom is -0.496 e. The Morgan fingerprint density at radius 1 is 1.48 bits per heavy atom. The summed E-state index contributed by atoms with van der Waals surface area (Å²) in [7, 11) is 1.69. The van der Waals surface area contributed by atoms with E-state index in [4.69, 9.17) is 4.74 Å². The molecule has 1 saturated heterocycles. The van der Waals surface area contributed by atoms with Gasteiger partial charge in [0.2, 0.25) is 5.91 Å². The van der Waals surface area contributed by atoms with Crippen LogP contribution in [0.1, 0.15) is 25.8 Å². The van der Waals surface area contributed by atoms with Gasteiger partial charge in [0.05, 0.1) is 12.0 Å². The van der Waals surface area contributed by atoms with Crippen LogP contribution in [0.15, 0.2) is 29.2 Å². The molecule has 21 heavy (non-hydrogen) atoms. The first-order valence-electron chi connectivity index (χ1n) is 7.01. The number of rotatable bonds is 4. The third kappa shape index (κ3) is 3.60. The summed E-state index contributed by atoms with van der Waals surface area (Å²) in [6.07, 6.45) is 4.78. The number of methoxy groups -OCH3 is 1. The summed E-state index contributed by atoms with van der Waals surface area (Å²) in [5, 5.41) is 0. The lowest BCUT2D eigenvalue weighted by molar-refractivity contribution is -0.125. The van der Waals surface area contributed by atoms with Crippen LogP contribution in [0.3, 0.4) is 0 Å². The topological polar surface area (TPSA) is 50.4 Å². The summed E-state index contributed by atoms with van der Waals surface area (Å²) in [6, 6.07) is 6.23. The van der Waals surface area contributed by atoms with Gasteiger partial charge in [0.25, 0.3) is 0 Å². The second kappa shape index (κ2) is 7.00. The van der Waals surface area contributed by atoms with Crippen molar-refractivity contribution in [1.82, 2.24) is 10.9 Å². The lowest BCUT2D eigenvalue weighted by Crippen LogP contribution is -2.52. The van der Waals surface area contributed by atoms with Crippen LogP contribution >= 0.6 is 11.8 Å². The van der Waals surface area contributed by atoms with Gasteiger partial charge in [0.1, 0.15) is 5.75 Å². The van der Waals surface area contributed by atoms with E-state index in [0.29, 0.717) is 6.42 Å². The Bertz CT molecular complexity index is 557. The summed E-state index contributed by atoms with van der Waals surface area (Å²) in [5.41, 5.74) is 8.13. The maximum absolute atomic E-state index is 11.3. The highest BCUT2D eigenvalue weighted by Gasteiger charge is 2.24. The molecule has 2 unspecified atom stereocenters. The van der Waals surface area contributed by atoms with Gasteiger partial charge in [-0.25, -0.2) is 5.43 Å². The Morgan fingerprint density at radius 2 is 2.24 bits per heavy atom. The van der Waals surface area contributed by atoms with Crippen LogP contribution < -0.4 is 15.6 Å². The van der Waals surface area contributed by atoms with E-state index in [1.807, 2.05) is 12.1 Å². The molecule has 0 aromatic heterocycles. The van der Waals surface area contributed by atoms with Crippen LogP contribution in [-0.4, -0.2) is 25.3 Å². The van der Waals surface area contributed by atoms with Crippen LogP contribution in [0, 0.1) is 5.92 Å². The molecule has 2 N–H and O–H groups in total. The molecule has 0 saturated carbocycles.